The number of anilines is 2. The van der Waals surface area contributed by atoms with Gasteiger partial charge in [-0.3, -0.25) is 9.59 Å². The molecule has 174 valence electrons. The summed E-state index contributed by atoms with van der Waals surface area (Å²) < 4.78 is 0. The number of carbonyl (C=O) groups is 2. The van der Waals surface area contributed by atoms with Gasteiger partial charge in [0, 0.05) is 37.3 Å². The fraction of sp³-hybridized carbons (Fsp3) is 0.462. The number of amides is 2. The average molecular weight is 439 g/mol. The molecule has 0 spiro atoms. The van der Waals surface area contributed by atoms with Crippen LogP contribution in [0.1, 0.15) is 42.0 Å². The molecule has 0 aliphatic heterocycles. The number of hydrogen-bond donors (Lipinski definition) is 2. The van der Waals surface area contributed by atoms with E-state index < -0.39 is 0 Å². The molecule has 0 unspecified atom stereocenters. The number of hydrogen-bond acceptors (Lipinski definition) is 4. The molecule has 2 rings (SSSR count). The summed E-state index contributed by atoms with van der Waals surface area (Å²) in [5.41, 5.74) is 6.14. The van der Waals surface area contributed by atoms with Crippen molar-refractivity contribution in [3.63, 3.8) is 0 Å². The first kappa shape index (κ1) is 25.6. The Morgan fingerprint density at radius 1 is 0.719 bits per heavy atom. The first-order valence-electron chi connectivity index (χ1n) is 11.1. The van der Waals surface area contributed by atoms with E-state index in [-0.39, 0.29) is 17.7 Å². The molecule has 0 saturated carbocycles. The van der Waals surface area contributed by atoms with Crippen LogP contribution in [0, 0.1) is 19.8 Å². The highest BCUT2D eigenvalue weighted by molar-refractivity contribution is 5.93. The van der Waals surface area contributed by atoms with Crippen molar-refractivity contribution in [2.45, 2.75) is 46.7 Å². The highest BCUT2D eigenvalue weighted by Gasteiger charge is 2.15. The maximum atomic E-state index is 12.5. The van der Waals surface area contributed by atoms with Crippen LogP contribution in [0.2, 0.25) is 0 Å². The van der Waals surface area contributed by atoms with Gasteiger partial charge in [0.15, 0.2) is 0 Å². The molecule has 0 saturated heterocycles. The highest BCUT2D eigenvalue weighted by Crippen LogP contribution is 2.19. The van der Waals surface area contributed by atoms with Crippen molar-refractivity contribution in [2.75, 3.05) is 38.8 Å². The largest absolute Gasteiger partial charge is 0.326 e. The molecular formula is C26H38N4O2. The standard InChI is InChI=1S/C26H38N4O2/c1-18-8-21(16-29(4)5)14-23(10-18)27-25(31)12-20(3)13-26(32)28-24-11-19(2)9-22(15-24)17-30(6)7/h8-11,14-15,20H,12-13,16-17H2,1-7H3,(H,27,31)(H,28,32). The molecule has 2 N–H and O–H groups in total. The van der Waals surface area contributed by atoms with Crippen molar-refractivity contribution >= 4 is 23.2 Å². The van der Waals surface area contributed by atoms with Crippen molar-refractivity contribution in [3.05, 3.63) is 58.7 Å². The average Bonchev–Trinajstić information content (AvgIpc) is 2.58. The molecule has 0 bridgehead atoms. The molecule has 0 radical (unpaired) electrons. The number of nitrogens with zero attached hydrogens (tertiary/aromatic N) is 2. The van der Waals surface area contributed by atoms with E-state index in [0.29, 0.717) is 12.8 Å². The third-order valence-corrected chi connectivity index (χ3v) is 4.91. The minimum Gasteiger partial charge on any atom is -0.326 e. The van der Waals surface area contributed by atoms with Crippen LogP contribution in [0.5, 0.6) is 0 Å². The van der Waals surface area contributed by atoms with Gasteiger partial charge in [0.05, 0.1) is 0 Å². The topological polar surface area (TPSA) is 64.7 Å². The highest BCUT2D eigenvalue weighted by atomic mass is 16.2. The van der Waals surface area contributed by atoms with Crippen LogP contribution in [0.4, 0.5) is 11.4 Å². The molecule has 0 fully saturated rings. The van der Waals surface area contributed by atoms with Crippen LogP contribution in [0.15, 0.2) is 36.4 Å². The lowest BCUT2D eigenvalue weighted by Crippen LogP contribution is -2.20. The van der Waals surface area contributed by atoms with Crippen molar-refractivity contribution < 1.29 is 9.59 Å². The molecule has 2 amide bonds. The fourth-order valence-electron chi connectivity index (χ4n) is 3.91. The van der Waals surface area contributed by atoms with Gasteiger partial charge in [0.1, 0.15) is 0 Å². The molecule has 0 aliphatic rings. The molecule has 0 atom stereocenters. The van der Waals surface area contributed by atoms with Gasteiger partial charge < -0.3 is 20.4 Å². The van der Waals surface area contributed by atoms with Crippen molar-refractivity contribution in [3.8, 4) is 0 Å². The van der Waals surface area contributed by atoms with Gasteiger partial charge in [-0.25, -0.2) is 0 Å². The monoisotopic (exact) mass is 438 g/mol. The molecule has 2 aromatic carbocycles. The Morgan fingerprint density at radius 2 is 1.09 bits per heavy atom. The number of carbonyl (C=O) groups excluding carboxylic acids is 2. The zero-order chi connectivity index (χ0) is 23.8. The van der Waals surface area contributed by atoms with E-state index in [2.05, 4.69) is 32.6 Å². The van der Waals surface area contributed by atoms with E-state index in [1.165, 1.54) is 0 Å². The van der Waals surface area contributed by atoms with E-state index in [1.54, 1.807) is 0 Å². The summed E-state index contributed by atoms with van der Waals surface area (Å²) in [6.07, 6.45) is 0.591. The lowest BCUT2D eigenvalue weighted by Gasteiger charge is -2.15. The Balaban J connectivity index is 1.90. The minimum absolute atomic E-state index is 0.0629. The second-order valence-electron chi connectivity index (χ2n) is 9.50. The normalized spacial score (nSPS) is 11.3. The number of aryl methyl sites for hydroxylation is 2. The van der Waals surface area contributed by atoms with E-state index in [4.69, 9.17) is 0 Å². The molecular weight excluding hydrogens is 400 g/mol. The van der Waals surface area contributed by atoms with Crippen LogP contribution in [-0.2, 0) is 22.7 Å². The smallest absolute Gasteiger partial charge is 0.224 e. The Bertz CT molecular complexity index is 862. The van der Waals surface area contributed by atoms with Gasteiger partial charge in [0.25, 0.3) is 0 Å². The number of benzene rings is 2. The summed E-state index contributed by atoms with van der Waals surface area (Å²) in [4.78, 5) is 29.3. The van der Waals surface area contributed by atoms with Crippen LogP contribution in [-0.4, -0.2) is 49.8 Å². The lowest BCUT2D eigenvalue weighted by molar-refractivity contribution is -0.118. The van der Waals surface area contributed by atoms with Crippen LogP contribution in [0.3, 0.4) is 0 Å². The molecule has 6 nitrogen and oxygen atoms in total. The Labute approximate surface area is 193 Å². The molecule has 0 aromatic heterocycles. The van der Waals surface area contributed by atoms with E-state index in [0.717, 1.165) is 46.7 Å². The Kier molecular flexibility index (Phi) is 9.42. The van der Waals surface area contributed by atoms with E-state index in [9.17, 15) is 9.59 Å². The summed E-state index contributed by atoms with van der Waals surface area (Å²) in [6, 6.07) is 12.2. The van der Waals surface area contributed by atoms with Crippen LogP contribution >= 0.6 is 0 Å². The summed E-state index contributed by atoms with van der Waals surface area (Å²) >= 11 is 0. The van der Waals surface area contributed by atoms with E-state index in [1.807, 2.05) is 73.2 Å². The lowest BCUT2D eigenvalue weighted by atomic mass is 10.0. The molecule has 0 aliphatic carbocycles. The molecule has 6 heteroatoms. The summed E-state index contributed by atoms with van der Waals surface area (Å²) in [5, 5.41) is 5.98. The predicted octanol–water partition coefficient (Wildman–Crippen LogP) is 4.42. The number of rotatable bonds is 10. The summed E-state index contributed by atoms with van der Waals surface area (Å²) in [5.74, 6) is -0.210. The summed E-state index contributed by atoms with van der Waals surface area (Å²) in [7, 11) is 8.08. The summed E-state index contributed by atoms with van der Waals surface area (Å²) in [6.45, 7) is 7.61. The third kappa shape index (κ3) is 9.20. The van der Waals surface area contributed by atoms with Crippen LogP contribution in [0.25, 0.3) is 0 Å². The first-order chi connectivity index (χ1) is 15.0. The second-order valence-corrected chi connectivity index (χ2v) is 9.50. The SMILES string of the molecule is Cc1cc(CN(C)C)cc(NC(=O)CC(C)CC(=O)Nc2cc(C)cc(CN(C)C)c2)c1. The van der Waals surface area contributed by atoms with Gasteiger partial charge in [-0.1, -0.05) is 19.1 Å². The van der Waals surface area contributed by atoms with Gasteiger partial charge in [0.2, 0.25) is 11.8 Å². The quantitative estimate of drug-likeness (QED) is 0.576. The predicted molar refractivity (Wildman–Crippen MR) is 133 cm³/mol. The van der Waals surface area contributed by atoms with Crippen molar-refractivity contribution in [2.24, 2.45) is 5.92 Å². The third-order valence-electron chi connectivity index (χ3n) is 4.91. The number of nitrogens with one attached hydrogen (secondary N) is 2. The van der Waals surface area contributed by atoms with Gasteiger partial charge >= 0.3 is 0 Å². The fourth-order valence-corrected chi connectivity index (χ4v) is 3.91. The molecule has 2 aromatic rings. The Morgan fingerprint density at radius 3 is 1.44 bits per heavy atom. The molecule has 0 heterocycles. The minimum atomic E-state index is -0.0736. The van der Waals surface area contributed by atoms with Crippen molar-refractivity contribution in [1.82, 2.24) is 9.80 Å². The van der Waals surface area contributed by atoms with Gasteiger partial charge in [-0.05, 0) is 94.5 Å². The van der Waals surface area contributed by atoms with E-state index >= 15 is 0 Å². The maximum absolute atomic E-state index is 12.5. The maximum Gasteiger partial charge on any atom is 0.224 e. The second kappa shape index (κ2) is 11.8. The van der Waals surface area contributed by atoms with Crippen molar-refractivity contribution in [1.29, 1.82) is 0 Å². The zero-order valence-electron chi connectivity index (χ0n) is 20.6. The first-order valence-corrected chi connectivity index (χ1v) is 11.1. The van der Waals surface area contributed by atoms with Gasteiger partial charge in [-0.2, -0.15) is 0 Å². The Hall–Kier alpha value is -2.70. The van der Waals surface area contributed by atoms with Crippen LogP contribution < -0.4 is 10.6 Å². The van der Waals surface area contributed by atoms with Gasteiger partial charge in [-0.15, -0.1) is 0 Å². The zero-order valence-corrected chi connectivity index (χ0v) is 20.6. The molecule has 32 heavy (non-hydrogen) atoms.